The van der Waals surface area contributed by atoms with E-state index in [0.717, 1.165) is 12.8 Å². The van der Waals surface area contributed by atoms with Gasteiger partial charge in [-0.15, -0.1) is 0 Å². The van der Waals surface area contributed by atoms with Gasteiger partial charge in [-0.05, 0) is 33.6 Å². The summed E-state index contributed by atoms with van der Waals surface area (Å²) in [5, 5.41) is 8.99. The molecule has 0 bridgehead atoms. The van der Waals surface area contributed by atoms with E-state index in [2.05, 4.69) is 0 Å². The Morgan fingerprint density at radius 3 is 2.56 bits per heavy atom. The van der Waals surface area contributed by atoms with Crippen molar-refractivity contribution in [3.8, 4) is 0 Å². The van der Waals surface area contributed by atoms with Crippen molar-refractivity contribution >= 4 is 0 Å². The summed E-state index contributed by atoms with van der Waals surface area (Å²) in [7, 11) is 0. The van der Waals surface area contributed by atoms with Crippen LogP contribution in [0, 0.1) is 0 Å². The summed E-state index contributed by atoms with van der Waals surface area (Å²) in [5.41, 5.74) is 11.4. The third kappa shape index (κ3) is 3.99. The van der Waals surface area contributed by atoms with Gasteiger partial charge in [0, 0.05) is 0 Å². The lowest BCUT2D eigenvalue weighted by Gasteiger charge is -2.39. The maximum absolute atomic E-state index is 8.99. The topological polar surface area (TPSA) is 90.7 Å². The first-order valence-corrected chi connectivity index (χ1v) is 5.79. The van der Waals surface area contributed by atoms with Crippen LogP contribution in [0.25, 0.3) is 0 Å². The SMILES string of the molecule is CC(C)(C)O[C@H]1OC(C(N)CO)CC[C@H]1N. The Morgan fingerprint density at radius 2 is 2.06 bits per heavy atom. The molecule has 0 aromatic rings. The van der Waals surface area contributed by atoms with Gasteiger partial charge in [0.05, 0.1) is 30.4 Å². The molecule has 96 valence electrons. The quantitative estimate of drug-likeness (QED) is 0.635. The molecule has 5 heteroatoms. The number of aliphatic hydroxyl groups excluding tert-OH is 1. The molecule has 1 saturated heterocycles. The van der Waals surface area contributed by atoms with Crippen LogP contribution in [0.1, 0.15) is 33.6 Å². The van der Waals surface area contributed by atoms with Crippen molar-refractivity contribution in [3.63, 3.8) is 0 Å². The average Bonchev–Trinajstić information content (AvgIpc) is 2.18. The summed E-state index contributed by atoms with van der Waals surface area (Å²) in [6, 6.07) is -0.486. The Hall–Kier alpha value is -0.200. The van der Waals surface area contributed by atoms with E-state index >= 15 is 0 Å². The molecule has 0 aromatic carbocycles. The third-order valence-corrected chi connectivity index (χ3v) is 2.60. The van der Waals surface area contributed by atoms with Gasteiger partial charge in [-0.2, -0.15) is 0 Å². The summed E-state index contributed by atoms with van der Waals surface area (Å²) in [6.07, 6.45) is 0.972. The third-order valence-electron chi connectivity index (χ3n) is 2.60. The van der Waals surface area contributed by atoms with Gasteiger partial charge in [0.25, 0.3) is 0 Å². The molecule has 0 aliphatic carbocycles. The fraction of sp³-hybridized carbons (Fsp3) is 1.00. The highest BCUT2D eigenvalue weighted by atomic mass is 16.7. The van der Waals surface area contributed by atoms with Crippen LogP contribution in [-0.2, 0) is 9.47 Å². The first kappa shape index (κ1) is 13.9. The van der Waals surface area contributed by atoms with E-state index in [4.69, 9.17) is 26.0 Å². The Bertz CT molecular complexity index is 218. The molecule has 0 spiro atoms. The largest absolute Gasteiger partial charge is 0.395 e. The van der Waals surface area contributed by atoms with Gasteiger partial charge in [0.2, 0.25) is 0 Å². The summed E-state index contributed by atoms with van der Waals surface area (Å²) in [6.45, 7) is 5.79. The minimum absolute atomic E-state index is 0.0812. The standard InChI is InChI=1S/C11H24N2O3/c1-11(2,3)16-10-7(12)4-5-9(15-10)8(13)6-14/h7-10,14H,4-6,12-13H2,1-3H3/t7-,8?,9?,10-/m1/s1. The zero-order valence-corrected chi connectivity index (χ0v) is 10.3. The zero-order valence-electron chi connectivity index (χ0n) is 10.3. The normalized spacial score (nSPS) is 33.8. The Morgan fingerprint density at radius 1 is 1.44 bits per heavy atom. The molecule has 1 rings (SSSR count). The van der Waals surface area contributed by atoms with Gasteiger partial charge in [-0.25, -0.2) is 0 Å². The summed E-state index contributed by atoms with van der Waals surface area (Å²) in [4.78, 5) is 0. The van der Waals surface area contributed by atoms with E-state index in [0.29, 0.717) is 0 Å². The van der Waals surface area contributed by atoms with Crippen LogP contribution in [0.4, 0.5) is 0 Å². The minimum atomic E-state index is -0.434. The first-order valence-electron chi connectivity index (χ1n) is 5.79. The molecule has 1 fully saturated rings. The summed E-state index contributed by atoms with van der Waals surface area (Å²) < 4.78 is 11.4. The number of aliphatic hydroxyl groups is 1. The molecule has 5 N–H and O–H groups in total. The van der Waals surface area contributed by atoms with Crippen LogP contribution in [0.2, 0.25) is 0 Å². The molecular formula is C11H24N2O3. The van der Waals surface area contributed by atoms with E-state index in [-0.39, 0.29) is 30.4 Å². The highest BCUT2D eigenvalue weighted by molar-refractivity contribution is 4.83. The minimum Gasteiger partial charge on any atom is -0.395 e. The maximum atomic E-state index is 8.99. The van der Waals surface area contributed by atoms with Crippen LogP contribution in [-0.4, -0.2) is 41.8 Å². The van der Waals surface area contributed by atoms with Crippen LogP contribution in [0.3, 0.4) is 0 Å². The van der Waals surface area contributed by atoms with Crippen LogP contribution >= 0.6 is 0 Å². The molecule has 2 unspecified atom stereocenters. The zero-order chi connectivity index (χ0) is 12.3. The van der Waals surface area contributed by atoms with Crippen molar-refractivity contribution in [3.05, 3.63) is 0 Å². The monoisotopic (exact) mass is 232 g/mol. The molecule has 0 amide bonds. The molecule has 0 aromatic heterocycles. The highest BCUT2D eigenvalue weighted by Crippen LogP contribution is 2.24. The lowest BCUT2D eigenvalue weighted by Crippen LogP contribution is -2.53. The van der Waals surface area contributed by atoms with Gasteiger partial charge >= 0.3 is 0 Å². The van der Waals surface area contributed by atoms with Crippen LogP contribution in [0.5, 0.6) is 0 Å². The predicted molar refractivity (Wildman–Crippen MR) is 61.8 cm³/mol. The second-order valence-corrected chi connectivity index (χ2v) is 5.36. The van der Waals surface area contributed by atoms with Crippen molar-refractivity contribution in [1.82, 2.24) is 0 Å². The first-order chi connectivity index (χ1) is 7.33. The van der Waals surface area contributed by atoms with Crippen molar-refractivity contribution in [2.45, 2.75) is 63.7 Å². The van der Waals surface area contributed by atoms with Crippen LogP contribution < -0.4 is 11.5 Å². The fourth-order valence-electron chi connectivity index (χ4n) is 1.73. The lowest BCUT2D eigenvalue weighted by molar-refractivity contribution is -0.244. The number of ether oxygens (including phenoxy) is 2. The molecule has 4 atom stereocenters. The van der Waals surface area contributed by atoms with E-state index in [1.807, 2.05) is 20.8 Å². The van der Waals surface area contributed by atoms with Gasteiger partial charge in [-0.1, -0.05) is 0 Å². The van der Waals surface area contributed by atoms with Crippen LogP contribution in [0.15, 0.2) is 0 Å². The van der Waals surface area contributed by atoms with Crippen molar-refractivity contribution in [1.29, 1.82) is 0 Å². The molecule has 1 aliphatic rings. The van der Waals surface area contributed by atoms with E-state index in [1.165, 1.54) is 0 Å². The second-order valence-electron chi connectivity index (χ2n) is 5.36. The number of rotatable bonds is 3. The van der Waals surface area contributed by atoms with Gasteiger partial charge < -0.3 is 26.0 Å². The van der Waals surface area contributed by atoms with Gasteiger partial charge in [-0.3, -0.25) is 0 Å². The van der Waals surface area contributed by atoms with Crippen molar-refractivity contribution in [2.75, 3.05) is 6.61 Å². The second kappa shape index (κ2) is 5.42. The van der Waals surface area contributed by atoms with E-state index in [9.17, 15) is 0 Å². The molecule has 0 saturated carbocycles. The predicted octanol–water partition coefficient (Wildman–Crippen LogP) is -0.0465. The number of hydrogen-bond donors (Lipinski definition) is 3. The number of nitrogens with two attached hydrogens (primary N) is 2. The highest BCUT2D eigenvalue weighted by Gasteiger charge is 2.34. The smallest absolute Gasteiger partial charge is 0.173 e. The van der Waals surface area contributed by atoms with Crippen molar-refractivity contribution < 1.29 is 14.6 Å². The van der Waals surface area contributed by atoms with E-state index in [1.54, 1.807) is 0 Å². The molecule has 16 heavy (non-hydrogen) atoms. The molecular weight excluding hydrogens is 208 g/mol. The molecule has 1 heterocycles. The van der Waals surface area contributed by atoms with Gasteiger partial charge in [0.15, 0.2) is 6.29 Å². The Kier molecular flexibility index (Phi) is 4.70. The van der Waals surface area contributed by atoms with E-state index < -0.39 is 6.29 Å². The Balaban J connectivity index is 2.55. The Labute approximate surface area is 97.1 Å². The lowest BCUT2D eigenvalue weighted by atomic mass is 9.99. The summed E-state index contributed by atoms with van der Waals surface area (Å²) >= 11 is 0. The van der Waals surface area contributed by atoms with Gasteiger partial charge in [0.1, 0.15) is 0 Å². The number of hydrogen-bond acceptors (Lipinski definition) is 5. The molecule has 1 aliphatic heterocycles. The average molecular weight is 232 g/mol. The van der Waals surface area contributed by atoms with Crippen molar-refractivity contribution in [2.24, 2.45) is 11.5 Å². The molecule has 0 radical (unpaired) electrons. The fourth-order valence-corrected chi connectivity index (χ4v) is 1.73. The molecule has 5 nitrogen and oxygen atoms in total. The maximum Gasteiger partial charge on any atom is 0.173 e. The summed E-state index contributed by atoms with van der Waals surface area (Å²) in [5.74, 6) is 0.